The van der Waals surface area contributed by atoms with E-state index in [4.69, 9.17) is 23.2 Å². The zero-order valence-electron chi connectivity index (χ0n) is 12.7. The normalized spacial score (nSPS) is 14.6. The Labute approximate surface area is 144 Å². The quantitative estimate of drug-likeness (QED) is 0.769. The van der Waals surface area contributed by atoms with E-state index < -0.39 is 0 Å². The smallest absolute Gasteiger partial charge is 0.242 e. The predicted octanol–water partition coefficient (Wildman–Crippen LogP) is 1.65. The molecule has 3 amide bonds. The average Bonchev–Trinajstić information content (AvgIpc) is 2.54. The molecule has 1 saturated heterocycles. The second-order valence-electron chi connectivity index (χ2n) is 5.22. The van der Waals surface area contributed by atoms with Crippen molar-refractivity contribution in [3.63, 3.8) is 0 Å². The average molecular weight is 358 g/mol. The van der Waals surface area contributed by atoms with Crippen LogP contribution in [-0.2, 0) is 14.4 Å². The number of hydrogen-bond donors (Lipinski definition) is 0. The fraction of sp³-hybridized carbons (Fsp3) is 0.400. The van der Waals surface area contributed by atoms with Crippen molar-refractivity contribution in [2.24, 2.45) is 0 Å². The number of nitrogens with zero attached hydrogens (tertiary/aromatic N) is 3. The van der Waals surface area contributed by atoms with Gasteiger partial charge in [0, 0.05) is 38.1 Å². The molecule has 23 heavy (non-hydrogen) atoms. The second kappa shape index (κ2) is 7.66. The number of rotatable bonds is 4. The molecule has 2 rings (SSSR count). The molecule has 8 heteroatoms. The van der Waals surface area contributed by atoms with Crippen LogP contribution in [0.2, 0.25) is 10.0 Å². The monoisotopic (exact) mass is 357 g/mol. The summed E-state index contributed by atoms with van der Waals surface area (Å²) in [7, 11) is 0. The molecule has 0 aromatic heterocycles. The summed E-state index contributed by atoms with van der Waals surface area (Å²) in [6.45, 7) is 3.14. The van der Waals surface area contributed by atoms with Gasteiger partial charge in [-0.25, -0.2) is 0 Å². The topological polar surface area (TPSA) is 60.9 Å². The molecule has 0 spiro atoms. The summed E-state index contributed by atoms with van der Waals surface area (Å²) in [5.74, 6) is -0.490. The van der Waals surface area contributed by atoms with E-state index in [0.29, 0.717) is 41.9 Å². The lowest BCUT2D eigenvalue weighted by molar-refractivity contribution is -0.134. The molecule has 1 aliphatic heterocycles. The van der Waals surface area contributed by atoms with Crippen molar-refractivity contribution < 1.29 is 14.4 Å². The molecule has 0 saturated carbocycles. The fourth-order valence-corrected chi connectivity index (χ4v) is 2.76. The minimum Gasteiger partial charge on any atom is -0.342 e. The van der Waals surface area contributed by atoms with Gasteiger partial charge in [0.15, 0.2) is 0 Å². The van der Waals surface area contributed by atoms with Crippen LogP contribution < -0.4 is 4.90 Å². The highest BCUT2D eigenvalue weighted by Crippen LogP contribution is 2.29. The summed E-state index contributed by atoms with van der Waals surface area (Å²) in [6.07, 6.45) is 0.773. The van der Waals surface area contributed by atoms with Gasteiger partial charge in [0.2, 0.25) is 18.2 Å². The van der Waals surface area contributed by atoms with E-state index in [1.807, 2.05) is 0 Å². The maximum atomic E-state index is 12.4. The van der Waals surface area contributed by atoms with Gasteiger partial charge in [-0.3, -0.25) is 14.4 Å². The third kappa shape index (κ3) is 4.36. The SMILES string of the molecule is CC(=O)N(CC(=O)N1CCN(C=O)CC1)c1cc(Cl)ccc1Cl. The first-order chi connectivity index (χ1) is 10.9. The largest absolute Gasteiger partial charge is 0.342 e. The Kier molecular flexibility index (Phi) is 5.85. The first kappa shape index (κ1) is 17.6. The molecule has 1 fully saturated rings. The number of hydrogen-bond acceptors (Lipinski definition) is 3. The number of carbonyl (C=O) groups is 3. The van der Waals surface area contributed by atoms with E-state index in [1.165, 1.54) is 11.8 Å². The molecule has 0 bridgehead atoms. The number of halogens is 2. The van der Waals surface area contributed by atoms with Gasteiger partial charge in [-0.2, -0.15) is 0 Å². The van der Waals surface area contributed by atoms with E-state index in [-0.39, 0.29) is 18.4 Å². The standard InChI is InChI=1S/C15H17Cl2N3O3/c1-11(22)20(14-8-12(16)2-3-13(14)17)9-15(23)19-6-4-18(10-21)5-7-19/h2-3,8,10H,4-7,9H2,1H3. The Balaban J connectivity index is 2.11. The van der Waals surface area contributed by atoms with Crippen LogP contribution in [-0.4, -0.2) is 60.7 Å². The van der Waals surface area contributed by atoms with Crippen molar-refractivity contribution in [3.05, 3.63) is 28.2 Å². The van der Waals surface area contributed by atoms with E-state index in [1.54, 1.807) is 28.0 Å². The summed E-state index contributed by atoms with van der Waals surface area (Å²) >= 11 is 12.1. The van der Waals surface area contributed by atoms with Crippen molar-refractivity contribution in [3.8, 4) is 0 Å². The Morgan fingerprint density at radius 3 is 2.43 bits per heavy atom. The Morgan fingerprint density at radius 2 is 1.87 bits per heavy atom. The molecule has 0 unspecified atom stereocenters. The number of amides is 3. The molecule has 0 radical (unpaired) electrons. The van der Waals surface area contributed by atoms with Gasteiger partial charge in [0.25, 0.3) is 0 Å². The van der Waals surface area contributed by atoms with Crippen LogP contribution in [0.1, 0.15) is 6.92 Å². The van der Waals surface area contributed by atoms with Crippen molar-refractivity contribution in [2.45, 2.75) is 6.92 Å². The summed E-state index contributed by atoms with van der Waals surface area (Å²) < 4.78 is 0. The van der Waals surface area contributed by atoms with E-state index in [9.17, 15) is 14.4 Å². The van der Waals surface area contributed by atoms with Crippen LogP contribution in [0.3, 0.4) is 0 Å². The Hall–Kier alpha value is -1.79. The third-order valence-corrected chi connectivity index (χ3v) is 4.24. The molecule has 0 atom stereocenters. The van der Waals surface area contributed by atoms with Gasteiger partial charge in [-0.1, -0.05) is 23.2 Å². The molecule has 124 valence electrons. The maximum absolute atomic E-state index is 12.4. The highest BCUT2D eigenvalue weighted by molar-refractivity contribution is 6.35. The summed E-state index contributed by atoms with van der Waals surface area (Å²) in [6, 6.07) is 4.76. The van der Waals surface area contributed by atoms with Gasteiger partial charge in [0.1, 0.15) is 6.54 Å². The molecule has 1 aromatic carbocycles. The minimum atomic E-state index is -0.297. The molecule has 1 aliphatic rings. The summed E-state index contributed by atoms with van der Waals surface area (Å²) in [5, 5.41) is 0.783. The van der Waals surface area contributed by atoms with Crippen LogP contribution in [0.4, 0.5) is 5.69 Å². The van der Waals surface area contributed by atoms with Crippen molar-refractivity contribution >= 4 is 47.1 Å². The van der Waals surface area contributed by atoms with Crippen LogP contribution >= 0.6 is 23.2 Å². The molecule has 1 heterocycles. The highest BCUT2D eigenvalue weighted by Gasteiger charge is 2.24. The summed E-state index contributed by atoms with van der Waals surface area (Å²) in [5.41, 5.74) is 0.409. The first-order valence-electron chi connectivity index (χ1n) is 7.12. The van der Waals surface area contributed by atoms with Crippen LogP contribution in [0.25, 0.3) is 0 Å². The first-order valence-corrected chi connectivity index (χ1v) is 7.88. The van der Waals surface area contributed by atoms with Gasteiger partial charge >= 0.3 is 0 Å². The van der Waals surface area contributed by atoms with Crippen LogP contribution in [0.15, 0.2) is 18.2 Å². The summed E-state index contributed by atoms with van der Waals surface area (Å²) in [4.78, 5) is 39.6. The van der Waals surface area contributed by atoms with Gasteiger partial charge in [0.05, 0.1) is 10.7 Å². The Bertz CT molecular complexity index is 616. The van der Waals surface area contributed by atoms with E-state index in [0.717, 1.165) is 6.41 Å². The zero-order chi connectivity index (χ0) is 17.0. The molecule has 0 N–H and O–H groups in total. The van der Waals surface area contributed by atoms with Crippen molar-refractivity contribution in [1.29, 1.82) is 0 Å². The van der Waals surface area contributed by atoms with E-state index >= 15 is 0 Å². The minimum absolute atomic E-state index is 0.115. The fourth-order valence-electron chi connectivity index (χ4n) is 2.37. The number of anilines is 1. The predicted molar refractivity (Wildman–Crippen MR) is 88.7 cm³/mol. The molecular formula is C15H17Cl2N3O3. The molecule has 6 nitrogen and oxygen atoms in total. The van der Waals surface area contributed by atoms with Crippen molar-refractivity contribution in [2.75, 3.05) is 37.6 Å². The third-order valence-electron chi connectivity index (χ3n) is 3.69. The zero-order valence-corrected chi connectivity index (χ0v) is 14.2. The van der Waals surface area contributed by atoms with E-state index in [2.05, 4.69) is 0 Å². The van der Waals surface area contributed by atoms with Gasteiger partial charge in [-0.15, -0.1) is 0 Å². The maximum Gasteiger partial charge on any atom is 0.242 e. The van der Waals surface area contributed by atoms with Crippen LogP contribution in [0, 0.1) is 0 Å². The lowest BCUT2D eigenvalue weighted by Gasteiger charge is -2.34. The molecule has 1 aromatic rings. The molecule has 0 aliphatic carbocycles. The van der Waals surface area contributed by atoms with Gasteiger partial charge < -0.3 is 14.7 Å². The lowest BCUT2D eigenvalue weighted by Crippen LogP contribution is -2.51. The highest BCUT2D eigenvalue weighted by atomic mass is 35.5. The van der Waals surface area contributed by atoms with Crippen molar-refractivity contribution in [1.82, 2.24) is 9.80 Å². The second-order valence-corrected chi connectivity index (χ2v) is 6.07. The lowest BCUT2D eigenvalue weighted by atomic mass is 10.2. The van der Waals surface area contributed by atoms with Crippen LogP contribution in [0.5, 0.6) is 0 Å². The number of piperazine rings is 1. The molecular weight excluding hydrogens is 341 g/mol. The number of carbonyl (C=O) groups excluding carboxylic acids is 3. The Morgan fingerprint density at radius 1 is 1.22 bits per heavy atom. The number of benzene rings is 1. The van der Waals surface area contributed by atoms with Gasteiger partial charge in [-0.05, 0) is 18.2 Å².